The van der Waals surface area contributed by atoms with Gasteiger partial charge in [0.05, 0.1) is 12.8 Å². The third-order valence-corrected chi connectivity index (χ3v) is 7.43. The molecule has 0 aliphatic carbocycles. The molecule has 0 bridgehead atoms. The number of carbonyl (C=O) groups is 3. The lowest BCUT2D eigenvalue weighted by Gasteiger charge is -2.39. The third-order valence-electron chi connectivity index (χ3n) is 7.43. The van der Waals surface area contributed by atoms with Crippen molar-refractivity contribution in [1.29, 1.82) is 0 Å². The fraction of sp³-hybridized carbons (Fsp3) is 0.320. The molecule has 2 amide bonds. The molecule has 1 saturated heterocycles. The minimum atomic E-state index is -2.23. The number of hydrogen-bond donors (Lipinski definition) is 2. The number of nitrogens with one attached hydrogen (secondary N) is 1. The summed E-state index contributed by atoms with van der Waals surface area (Å²) in [7, 11) is 2.95. The zero-order valence-electron chi connectivity index (χ0n) is 18.5. The molecule has 2 aromatic carbocycles. The molecule has 3 atom stereocenters. The number of rotatable bonds is 4. The Morgan fingerprint density at radius 3 is 2.55 bits per heavy atom. The van der Waals surface area contributed by atoms with Gasteiger partial charge in [-0.25, -0.2) is 0 Å². The van der Waals surface area contributed by atoms with Crippen molar-refractivity contribution in [2.24, 2.45) is 5.41 Å². The molecule has 1 spiro atoms. The van der Waals surface area contributed by atoms with Crippen molar-refractivity contribution in [3.05, 3.63) is 72.3 Å². The number of fused-ring (bicyclic) bond motifs is 3. The Balaban J connectivity index is 1.75. The minimum absolute atomic E-state index is 0.0556. The van der Waals surface area contributed by atoms with Gasteiger partial charge in [-0.3, -0.25) is 19.3 Å². The highest BCUT2D eigenvalue weighted by molar-refractivity contribution is 6.12. The van der Waals surface area contributed by atoms with E-state index < -0.39 is 28.4 Å². The lowest BCUT2D eigenvalue weighted by molar-refractivity contribution is -0.179. The van der Waals surface area contributed by atoms with Crippen LogP contribution in [0.4, 0.5) is 11.4 Å². The Morgan fingerprint density at radius 1 is 1.18 bits per heavy atom. The number of methoxy groups -OCH3 is 1. The van der Waals surface area contributed by atoms with Gasteiger partial charge >= 0.3 is 5.97 Å². The van der Waals surface area contributed by atoms with E-state index in [9.17, 15) is 19.5 Å². The monoisotopic (exact) mass is 447 g/mol. The molecule has 3 heterocycles. The number of anilines is 2. The fourth-order valence-electron chi connectivity index (χ4n) is 5.95. The smallest absolute Gasteiger partial charge is 0.317 e. The van der Waals surface area contributed by atoms with Crippen LogP contribution in [0.5, 0.6) is 0 Å². The van der Waals surface area contributed by atoms with Crippen molar-refractivity contribution in [2.75, 3.05) is 37.5 Å². The van der Waals surface area contributed by atoms with E-state index in [1.54, 1.807) is 48.4 Å². The summed E-state index contributed by atoms with van der Waals surface area (Å²) in [6.07, 6.45) is 1.44. The average Bonchev–Trinajstić information content (AvgIpc) is 3.38. The lowest BCUT2D eigenvalue weighted by atomic mass is 9.65. The van der Waals surface area contributed by atoms with E-state index in [1.165, 1.54) is 12.0 Å². The molecule has 3 unspecified atom stereocenters. The Morgan fingerprint density at radius 2 is 1.85 bits per heavy atom. The summed E-state index contributed by atoms with van der Waals surface area (Å²) >= 11 is 0. The predicted octanol–water partition coefficient (Wildman–Crippen LogP) is 1.75. The van der Waals surface area contributed by atoms with Crippen molar-refractivity contribution in [3.8, 4) is 0 Å². The van der Waals surface area contributed by atoms with Crippen molar-refractivity contribution < 1.29 is 24.2 Å². The molecule has 33 heavy (non-hydrogen) atoms. The predicted molar refractivity (Wildman–Crippen MR) is 121 cm³/mol. The third kappa shape index (κ3) is 2.39. The molecule has 2 N–H and O–H groups in total. The van der Waals surface area contributed by atoms with Crippen molar-refractivity contribution >= 4 is 29.2 Å². The minimum Gasteiger partial charge on any atom is -0.468 e. The second-order valence-corrected chi connectivity index (χ2v) is 8.90. The zero-order valence-corrected chi connectivity index (χ0v) is 18.5. The maximum absolute atomic E-state index is 13.8. The van der Waals surface area contributed by atoms with Crippen molar-refractivity contribution in [1.82, 2.24) is 4.90 Å². The average molecular weight is 447 g/mol. The largest absolute Gasteiger partial charge is 0.468 e. The van der Waals surface area contributed by atoms with E-state index in [2.05, 4.69) is 11.9 Å². The molecule has 2 aromatic rings. The first-order valence-corrected chi connectivity index (χ1v) is 10.7. The molecule has 0 saturated carbocycles. The molecule has 3 aliphatic rings. The van der Waals surface area contributed by atoms with Crippen LogP contribution in [0.25, 0.3) is 0 Å². The van der Waals surface area contributed by atoms with Crippen molar-refractivity contribution in [2.45, 2.75) is 17.6 Å². The van der Waals surface area contributed by atoms with Crippen molar-refractivity contribution in [3.63, 3.8) is 0 Å². The Labute approximate surface area is 191 Å². The standard InChI is InChI=1S/C25H25N3O5/c1-4-13-28-19-12-8-6-10-17(19)25(32,21(28)30)23(22(31)33-3)14-24(27(2)15-23)16-9-5-7-11-18(16)26-20(24)29/h4-12,32H,1,13-15H2,2-3H3,(H,26,29). The van der Waals surface area contributed by atoms with E-state index in [1.807, 2.05) is 18.2 Å². The van der Waals surface area contributed by atoms with Gasteiger partial charge in [-0.2, -0.15) is 0 Å². The molecule has 8 heteroatoms. The van der Waals surface area contributed by atoms with Crippen LogP contribution in [-0.2, 0) is 30.3 Å². The van der Waals surface area contributed by atoms with E-state index in [-0.39, 0.29) is 25.4 Å². The summed E-state index contributed by atoms with van der Waals surface area (Å²) < 4.78 is 5.20. The van der Waals surface area contributed by atoms with Gasteiger partial charge in [0.15, 0.2) is 5.60 Å². The highest BCUT2D eigenvalue weighted by Gasteiger charge is 2.74. The van der Waals surface area contributed by atoms with Gasteiger partial charge < -0.3 is 20.1 Å². The number of amides is 2. The number of nitrogens with zero attached hydrogens (tertiary/aromatic N) is 2. The molecule has 8 nitrogen and oxygen atoms in total. The maximum Gasteiger partial charge on any atom is 0.317 e. The van der Waals surface area contributed by atoms with Gasteiger partial charge in [0.25, 0.3) is 5.91 Å². The van der Waals surface area contributed by atoms with Crippen LogP contribution in [-0.4, -0.2) is 55.0 Å². The van der Waals surface area contributed by atoms with Gasteiger partial charge in [0.1, 0.15) is 11.0 Å². The summed E-state index contributed by atoms with van der Waals surface area (Å²) in [5, 5.41) is 15.2. The summed E-state index contributed by atoms with van der Waals surface area (Å²) in [4.78, 5) is 43.9. The molecule has 3 aliphatic heterocycles. The van der Waals surface area contributed by atoms with E-state index in [0.717, 1.165) is 0 Å². The normalized spacial score (nSPS) is 30.3. The van der Waals surface area contributed by atoms with E-state index in [4.69, 9.17) is 4.74 Å². The first-order chi connectivity index (χ1) is 15.8. The summed E-state index contributed by atoms with van der Waals surface area (Å²) in [5.41, 5.74) is -3.01. The lowest BCUT2D eigenvalue weighted by Crippen LogP contribution is -2.58. The summed E-state index contributed by atoms with van der Waals surface area (Å²) in [6.45, 7) is 3.83. The van der Waals surface area contributed by atoms with Gasteiger partial charge in [0.2, 0.25) is 5.91 Å². The number of ether oxygens (including phenoxy) is 1. The number of hydrogen-bond acceptors (Lipinski definition) is 6. The highest BCUT2D eigenvalue weighted by atomic mass is 16.5. The van der Waals surface area contributed by atoms with E-state index in [0.29, 0.717) is 22.5 Å². The Hall–Kier alpha value is -3.49. The molecular formula is C25H25N3O5. The van der Waals surface area contributed by atoms with Crippen LogP contribution in [0, 0.1) is 5.41 Å². The first kappa shape index (κ1) is 21.4. The number of para-hydroxylation sites is 2. The summed E-state index contributed by atoms with van der Waals surface area (Å²) in [6, 6.07) is 14.1. The Kier molecular flexibility index (Phi) is 4.53. The number of likely N-dealkylation sites (tertiary alicyclic amines) is 1. The number of aliphatic hydroxyl groups is 1. The van der Waals surface area contributed by atoms with Gasteiger partial charge in [-0.1, -0.05) is 42.5 Å². The van der Waals surface area contributed by atoms with E-state index >= 15 is 0 Å². The molecule has 170 valence electrons. The quantitative estimate of drug-likeness (QED) is 0.547. The van der Waals surface area contributed by atoms with Crippen LogP contribution in [0.1, 0.15) is 17.5 Å². The molecule has 0 aromatic heterocycles. The highest BCUT2D eigenvalue weighted by Crippen LogP contribution is 2.61. The van der Waals surface area contributed by atoms with Gasteiger partial charge in [-0.15, -0.1) is 6.58 Å². The maximum atomic E-state index is 13.8. The van der Waals surface area contributed by atoms with Crippen LogP contribution in [0.2, 0.25) is 0 Å². The number of benzene rings is 2. The fourth-order valence-corrected chi connectivity index (χ4v) is 5.95. The number of likely N-dealkylation sites (N-methyl/N-ethyl adjacent to an activating group) is 1. The zero-order chi connectivity index (χ0) is 23.6. The van der Waals surface area contributed by atoms with Gasteiger partial charge in [0, 0.05) is 36.3 Å². The second kappa shape index (κ2) is 7.00. The molecular weight excluding hydrogens is 422 g/mol. The number of esters is 1. The number of carbonyl (C=O) groups excluding carboxylic acids is 3. The summed E-state index contributed by atoms with van der Waals surface area (Å²) in [5.74, 6) is -1.68. The second-order valence-electron chi connectivity index (χ2n) is 8.90. The SMILES string of the molecule is C=CCN1C(=O)C(O)(C2(C(=O)OC)CN(C)C3(C2)C(=O)Nc2ccccc23)c2ccccc21. The van der Waals surface area contributed by atoms with Crippen LogP contribution in [0.3, 0.4) is 0 Å². The van der Waals surface area contributed by atoms with Crippen LogP contribution >= 0.6 is 0 Å². The topological polar surface area (TPSA) is 99.2 Å². The first-order valence-electron chi connectivity index (χ1n) is 10.7. The molecule has 0 radical (unpaired) electrons. The van der Waals surface area contributed by atoms with Gasteiger partial charge in [-0.05, 0) is 19.2 Å². The van der Waals surface area contributed by atoms with Crippen LogP contribution < -0.4 is 10.2 Å². The Bertz CT molecular complexity index is 1210. The molecule has 5 rings (SSSR count). The molecule has 1 fully saturated rings. The van der Waals surface area contributed by atoms with Crippen LogP contribution in [0.15, 0.2) is 61.2 Å².